The third-order valence-corrected chi connectivity index (χ3v) is 5.49. The summed E-state index contributed by atoms with van der Waals surface area (Å²) in [5.74, 6) is 0. The summed E-state index contributed by atoms with van der Waals surface area (Å²) in [7, 11) is -4.10. The summed E-state index contributed by atoms with van der Waals surface area (Å²) < 4.78 is 66.6. The van der Waals surface area contributed by atoms with Gasteiger partial charge in [-0.05, 0) is 30.7 Å². The van der Waals surface area contributed by atoms with Gasteiger partial charge in [0, 0.05) is 32.7 Å². The highest BCUT2D eigenvalue weighted by Crippen LogP contribution is 2.25. The summed E-state index contributed by atoms with van der Waals surface area (Å²) in [6.45, 7) is 2.05. The molecule has 1 aliphatic rings. The minimum atomic E-state index is -4.54. The zero-order chi connectivity index (χ0) is 18.7. The maximum absolute atomic E-state index is 13.3. The number of hydrogen-bond donors (Lipinski definition) is 2. The minimum Gasteiger partial charge on any atom is -0.314 e. The number of piperazine rings is 1. The number of aryl methyl sites for hydroxylation is 1. The summed E-state index contributed by atoms with van der Waals surface area (Å²) in [5.41, 5.74) is 0.757. The van der Waals surface area contributed by atoms with Gasteiger partial charge in [0.05, 0.1) is 16.5 Å². The highest BCUT2D eigenvalue weighted by molar-refractivity contribution is 7.89. The number of rotatable bonds is 5. The summed E-state index contributed by atoms with van der Waals surface area (Å²) in [4.78, 5) is 1.06. The molecule has 1 heterocycles. The van der Waals surface area contributed by atoms with Crippen LogP contribution in [0.4, 0.5) is 13.2 Å². The van der Waals surface area contributed by atoms with Crippen molar-refractivity contribution in [2.75, 3.05) is 32.7 Å². The van der Waals surface area contributed by atoms with E-state index in [1.165, 1.54) is 23.1 Å². The van der Waals surface area contributed by atoms with Gasteiger partial charge in [-0.15, -0.1) is 12.4 Å². The lowest BCUT2D eigenvalue weighted by Crippen LogP contribution is -2.57. The fourth-order valence-corrected chi connectivity index (χ4v) is 3.77. The molecule has 0 spiro atoms. The van der Waals surface area contributed by atoms with Crippen molar-refractivity contribution in [1.29, 1.82) is 5.26 Å². The minimum absolute atomic E-state index is 0. The topological polar surface area (TPSA) is 85.2 Å². The first-order chi connectivity index (χ1) is 11.6. The zero-order valence-corrected chi connectivity index (χ0v) is 15.6. The van der Waals surface area contributed by atoms with E-state index in [-0.39, 0.29) is 30.4 Å². The van der Waals surface area contributed by atoms with Crippen LogP contribution in [0.15, 0.2) is 23.1 Å². The highest BCUT2D eigenvalue weighted by atomic mass is 35.5. The van der Waals surface area contributed by atoms with Crippen molar-refractivity contribution in [1.82, 2.24) is 14.9 Å². The molecule has 11 heteroatoms. The lowest BCUT2D eigenvalue weighted by Gasteiger charge is -2.35. The molecule has 1 aliphatic heterocycles. The first-order valence-corrected chi connectivity index (χ1v) is 9.15. The van der Waals surface area contributed by atoms with Crippen LogP contribution in [0.1, 0.15) is 11.1 Å². The summed E-state index contributed by atoms with van der Waals surface area (Å²) in [6.07, 6.45) is -4.54. The Morgan fingerprint density at radius 2 is 1.96 bits per heavy atom. The van der Waals surface area contributed by atoms with E-state index in [0.29, 0.717) is 24.2 Å². The van der Waals surface area contributed by atoms with Crippen LogP contribution >= 0.6 is 12.4 Å². The Hall–Kier alpha value is -1.38. The fourth-order valence-electron chi connectivity index (χ4n) is 2.65. The van der Waals surface area contributed by atoms with E-state index in [0.717, 1.165) is 0 Å². The lowest BCUT2D eigenvalue weighted by molar-refractivity contribution is -0.182. The van der Waals surface area contributed by atoms with E-state index in [2.05, 4.69) is 10.0 Å². The van der Waals surface area contributed by atoms with Crippen LogP contribution in [0, 0.1) is 18.3 Å². The Kier molecular flexibility index (Phi) is 7.85. The van der Waals surface area contributed by atoms with Crippen molar-refractivity contribution >= 4 is 22.4 Å². The zero-order valence-electron chi connectivity index (χ0n) is 14.0. The number of hydrogen-bond acceptors (Lipinski definition) is 5. The second-order valence-corrected chi connectivity index (χ2v) is 7.55. The average Bonchev–Trinajstić information content (AvgIpc) is 2.54. The van der Waals surface area contributed by atoms with Gasteiger partial charge in [-0.25, -0.2) is 13.1 Å². The van der Waals surface area contributed by atoms with Gasteiger partial charge >= 0.3 is 6.18 Å². The molecule has 0 bridgehead atoms. The maximum atomic E-state index is 13.3. The molecule has 1 fully saturated rings. The monoisotopic (exact) mass is 412 g/mol. The van der Waals surface area contributed by atoms with Crippen LogP contribution in [-0.2, 0) is 10.0 Å². The smallest absolute Gasteiger partial charge is 0.314 e. The van der Waals surface area contributed by atoms with Crippen LogP contribution in [0.5, 0.6) is 0 Å². The van der Waals surface area contributed by atoms with Crippen LogP contribution < -0.4 is 10.0 Å². The largest absolute Gasteiger partial charge is 0.405 e. The lowest BCUT2D eigenvalue weighted by atomic mass is 10.1. The molecule has 0 saturated carbocycles. The molecule has 0 aromatic heterocycles. The molecule has 0 radical (unpaired) electrons. The molecule has 2 N–H and O–H groups in total. The maximum Gasteiger partial charge on any atom is 0.405 e. The van der Waals surface area contributed by atoms with Gasteiger partial charge in [-0.1, -0.05) is 0 Å². The van der Waals surface area contributed by atoms with E-state index in [1.807, 2.05) is 6.07 Å². The molecule has 0 amide bonds. The SMILES string of the molecule is Cc1cc(S(=O)(=O)NCC(N2CCNCC2)C(F)(F)F)ccc1C#N.Cl. The molecule has 6 nitrogen and oxygen atoms in total. The predicted octanol–water partition coefficient (Wildman–Crippen LogP) is 1.40. The predicted molar refractivity (Wildman–Crippen MR) is 92.6 cm³/mol. The molecule has 2 rings (SSSR count). The summed E-state index contributed by atoms with van der Waals surface area (Å²) in [6, 6.07) is 3.84. The van der Waals surface area contributed by atoms with E-state index in [4.69, 9.17) is 5.26 Å². The number of sulfonamides is 1. The van der Waals surface area contributed by atoms with Gasteiger partial charge in [-0.3, -0.25) is 4.90 Å². The second kappa shape index (κ2) is 9.01. The Morgan fingerprint density at radius 3 is 2.46 bits per heavy atom. The van der Waals surface area contributed by atoms with Gasteiger partial charge < -0.3 is 5.32 Å². The molecule has 26 heavy (non-hydrogen) atoms. The van der Waals surface area contributed by atoms with Crippen LogP contribution in [0.25, 0.3) is 0 Å². The molecule has 1 unspecified atom stereocenters. The number of nitrogens with one attached hydrogen (secondary N) is 2. The molecular weight excluding hydrogens is 393 g/mol. The van der Waals surface area contributed by atoms with Crippen molar-refractivity contribution in [2.24, 2.45) is 0 Å². The van der Waals surface area contributed by atoms with Crippen molar-refractivity contribution in [3.63, 3.8) is 0 Å². The van der Waals surface area contributed by atoms with Crippen LogP contribution in [0.2, 0.25) is 0 Å². The third kappa shape index (κ3) is 5.56. The molecular formula is C15H20ClF3N4O2S. The van der Waals surface area contributed by atoms with E-state index < -0.39 is 28.8 Å². The fraction of sp³-hybridized carbons (Fsp3) is 0.533. The molecule has 1 atom stereocenters. The Bertz CT molecular complexity index is 759. The Balaban J connectivity index is 0.00000338. The quantitative estimate of drug-likeness (QED) is 0.763. The summed E-state index contributed by atoms with van der Waals surface area (Å²) >= 11 is 0. The van der Waals surface area contributed by atoms with E-state index in [1.54, 1.807) is 6.92 Å². The second-order valence-electron chi connectivity index (χ2n) is 5.78. The highest BCUT2D eigenvalue weighted by Gasteiger charge is 2.44. The van der Waals surface area contributed by atoms with Gasteiger partial charge in [-0.2, -0.15) is 18.4 Å². The van der Waals surface area contributed by atoms with Gasteiger partial charge in [0.25, 0.3) is 0 Å². The summed E-state index contributed by atoms with van der Waals surface area (Å²) in [5, 5.41) is 11.8. The average molecular weight is 413 g/mol. The van der Waals surface area contributed by atoms with Crippen LogP contribution in [-0.4, -0.2) is 58.3 Å². The standard InChI is InChI=1S/C15H19F3N4O2S.ClH/c1-11-8-13(3-2-12(11)9-19)25(23,24)21-10-14(15(16,17)18)22-6-4-20-5-7-22;/h2-3,8,14,20-21H,4-7,10H2,1H3;1H. The molecule has 146 valence electrons. The molecule has 1 aromatic carbocycles. The number of benzene rings is 1. The van der Waals surface area contributed by atoms with E-state index >= 15 is 0 Å². The first kappa shape index (κ1) is 22.7. The third-order valence-electron chi connectivity index (χ3n) is 4.07. The van der Waals surface area contributed by atoms with Gasteiger partial charge in [0.1, 0.15) is 6.04 Å². The van der Waals surface area contributed by atoms with Crippen molar-refractivity contribution in [3.05, 3.63) is 29.3 Å². The normalized spacial score (nSPS) is 17.2. The Morgan fingerprint density at radius 1 is 1.35 bits per heavy atom. The van der Waals surface area contributed by atoms with Crippen molar-refractivity contribution in [3.8, 4) is 6.07 Å². The Labute approximate surface area is 156 Å². The van der Waals surface area contributed by atoms with Gasteiger partial charge in [0.15, 0.2) is 0 Å². The number of nitriles is 1. The van der Waals surface area contributed by atoms with Crippen molar-refractivity contribution in [2.45, 2.75) is 24.0 Å². The van der Waals surface area contributed by atoms with E-state index in [9.17, 15) is 21.6 Å². The number of alkyl halides is 3. The van der Waals surface area contributed by atoms with Gasteiger partial charge in [0.2, 0.25) is 10.0 Å². The number of halogens is 4. The molecule has 1 aromatic rings. The first-order valence-electron chi connectivity index (χ1n) is 7.67. The molecule has 1 saturated heterocycles. The number of nitrogens with zero attached hydrogens (tertiary/aromatic N) is 2. The molecule has 0 aliphatic carbocycles. The van der Waals surface area contributed by atoms with Crippen molar-refractivity contribution < 1.29 is 21.6 Å². The van der Waals surface area contributed by atoms with Crippen LogP contribution in [0.3, 0.4) is 0 Å².